The number of sulfone groups is 1. The molecule has 1 aromatic carbocycles. The van der Waals surface area contributed by atoms with E-state index in [1.54, 1.807) is 12.1 Å². The van der Waals surface area contributed by atoms with Crippen molar-refractivity contribution in [1.29, 1.82) is 0 Å². The molecule has 1 aromatic heterocycles. The van der Waals surface area contributed by atoms with E-state index in [9.17, 15) is 8.42 Å². The normalized spacial score (nSPS) is 16.0. The second-order valence-electron chi connectivity index (χ2n) is 7.49. The Bertz CT molecular complexity index is 848. The molecule has 0 radical (unpaired) electrons. The molecule has 0 atom stereocenters. The van der Waals surface area contributed by atoms with Crippen molar-refractivity contribution >= 4 is 15.7 Å². The molecule has 1 aliphatic rings. The molecule has 0 N–H and O–H groups in total. The highest BCUT2D eigenvalue weighted by Gasteiger charge is 2.32. The van der Waals surface area contributed by atoms with Gasteiger partial charge < -0.3 is 9.32 Å². The molecule has 3 rings (SSSR count). The molecular weight excluding hydrogens is 360 g/mol. The van der Waals surface area contributed by atoms with Gasteiger partial charge in [0.15, 0.2) is 5.89 Å². The minimum atomic E-state index is -3.71. The van der Waals surface area contributed by atoms with Crippen LogP contribution in [0.15, 0.2) is 38.6 Å². The van der Waals surface area contributed by atoms with Crippen LogP contribution in [0, 0.1) is 5.92 Å². The lowest BCUT2D eigenvalue weighted by Gasteiger charge is -2.30. The van der Waals surface area contributed by atoms with Gasteiger partial charge in [-0.3, -0.25) is 0 Å². The molecular formula is C21H30N2O3S. The highest BCUT2D eigenvalue weighted by molar-refractivity contribution is 7.91. The standard InChI is InChI=1S/C21H30N2O3S/c1-4-6-7-19-22-20(21(26-19)23-14-12-16(3)13-15-23)27(24,25)18-10-8-17(5-2)9-11-18/h8-11,16H,4-7,12-15H2,1-3H3. The first kappa shape index (κ1) is 19.9. The Hall–Kier alpha value is -1.82. The van der Waals surface area contributed by atoms with Gasteiger partial charge in [-0.2, -0.15) is 4.98 Å². The summed E-state index contributed by atoms with van der Waals surface area (Å²) in [7, 11) is -3.71. The van der Waals surface area contributed by atoms with Crippen molar-refractivity contribution in [2.24, 2.45) is 5.92 Å². The maximum Gasteiger partial charge on any atom is 0.236 e. The third-order valence-electron chi connectivity index (χ3n) is 5.34. The summed E-state index contributed by atoms with van der Waals surface area (Å²) in [6.45, 7) is 8.00. The van der Waals surface area contributed by atoms with Gasteiger partial charge in [0, 0.05) is 19.5 Å². The van der Waals surface area contributed by atoms with Crippen molar-refractivity contribution < 1.29 is 12.8 Å². The maximum absolute atomic E-state index is 13.3. The van der Waals surface area contributed by atoms with E-state index < -0.39 is 9.84 Å². The zero-order valence-electron chi connectivity index (χ0n) is 16.6. The number of nitrogens with zero attached hydrogens (tertiary/aromatic N) is 2. The smallest absolute Gasteiger partial charge is 0.236 e. The molecule has 0 saturated carbocycles. The summed E-state index contributed by atoms with van der Waals surface area (Å²) >= 11 is 0. The van der Waals surface area contributed by atoms with Crippen molar-refractivity contribution in [2.45, 2.75) is 69.2 Å². The average molecular weight is 391 g/mol. The molecule has 0 amide bonds. The van der Waals surface area contributed by atoms with E-state index >= 15 is 0 Å². The molecule has 0 spiro atoms. The Kier molecular flexibility index (Phi) is 6.25. The van der Waals surface area contributed by atoms with E-state index in [-0.39, 0.29) is 9.92 Å². The number of unbranched alkanes of at least 4 members (excludes halogenated alkanes) is 1. The third-order valence-corrected chi connectivity index (χ3v) is 7.00. The monoisotopic (exact) mass is 390 g/mol. The van der Waals surface area contributed by atoms with Gasteiger partial charge in [-0.05, 0) is 49.3 Å². The Morgan fingerprint density at radius 2 is 1.81 bits per heavy atom. The number of hydrogen-bond acceptors (Lipinski definition) is 5. The van der Waals surface area contributed by atoms with Gasteiger partial charge in [0.25, 0.3) is 0 Å². The fraction of sp³-hybridized carbons (Fsp3) is 0.571. The summed E-state index contributed by atoms with van der Waals surface area (Å²) in [4.78, 5) is 6.77. The summed E-state index contributed by atoms with van der Waals surface area (Å²) in [5.41, 5.74) is 1.11. The lowest BCUT2D eigenvalue weighted by atomic mass is 9.99. The number of rotatable bonds is 7. The zero-order valence-corrected chi connectivity index (χ0v) is 17.4. The van der Waals surface area contributed by atoms with Crippen LogP contribution in [0.5, 0.6) is 0 Å². The fourth-order valence-corrected chi connectivity index (χ4v) is 4.72. The summed E-state index contributed by atoms with van der Waals surface area (Å²) in [6.07, 6.45) is 5.56. The van der Waals surface area contributed by atoms with Gasteiger partial charge in [-0.25, -0.2) is 8.42 Å². The van der Waals surface area contributed by atoms with Gasteiger partial charge in [0.2, 0.25) is 20.7 Å². The first-order valence-electron chi connectivity index (χ1n) is 10.0. The first-order chi connectivity index (χ1) is 13.0. The van der Waals surface area contributed by atoms with Crippen molar-refractivity contribution in [3.8, 4) is 0 Å². The van der Waals surface area contributed by atoms with Gasteiger partial charge in [-0.15, -0.1) is 0 Å². The summed E-state index contributed by atoms with van der Waals surface area (Å²) in [5.74, 6) is 1.60. The van der Waals surface area contributed by atoms with Crippen molar-refractivity contribution in [3.63, 3.8) is 0 Å². The van der Waals surface area contributed by atoms with Crippen LogP contribution in [0.25, 0.3) is 0 Å². The molecule has 148 valence electrons. The van der Waals surface area contributed by atoms with Gasteiger partial charge in [0.1, 0.15) is 0 Å². The second kappa shape index (κ2) is 8.46. The average Bonchev–Trinajstić information content (AvgIpc) is 3.12. The molecule has 1 aliphatic heterocycles. The molecule has 0 aliphatic carbocycles. The Morgan fingerprint density at radius 1 is 1.15 bits per heavy atom. The zero-order chi connectivity index (χ0) is 19.4. The lowest BCUT2D eigenvalue weighted by molar-refractivity contribution is 0.405. The third kappa shape index (κ3) is 4.37. The van der Waals surface area contributed by atoms with Crippen molar-refractivity contribution in [3.05, 3.63) is 35.7 Å². The maximum atomic E-state index is 13.3. The molecule has 6 heteroatoms. The number of aryl methyl sites for hydroxylation is 2. The predicted molar refractivity (Wildman–Crippen MR) is 107 cm³/mol. The van der Waals surface area contributed by atoms with E-state index in [0.717, 1.165) is 50.8 Å². The number of oxazole rings is 1. The van der Waals surface area contributed by atoms with Crippen LogP contribution < -0.4 is 4.90 Å². The van der Waals surface area contributed by atoms with Crippen LogP contribution >= 0.6 is 0 Å². The summed E-state index contributed by atoms with van der Waals surface area (Å²) < 4.78 is 32.6. The van der Waals surface area contributed by atoms with Crippen LogP contribution in [-0.4, -0.2) is 26.5 Å². The minimum absolute atomic E-state index is 0.0763. The molecule has 1 saturated heterocycles. The number of anilines is 1. The SMILES string of the molecule is CCCCc1nc(S(=O)(=O)c2ccc(CC)cc2)c(N2CCC(C)CC2)o1. The Balaban J connectivity index is 1.99. The van der Waals surface area contributed by atoms with Gasteiger partial charge >= 0.3 is 0 Å². The van der Waals surface area contributed by atoms with Crippen molar-refractivity contribution in [1.82, 2.24) is 4.98 Å². The number of hydrogen-bond donors (Lipinski definition) is 0. The minimum Gasteiger partial charge on any atom is -0.424 e. The number of benzene rings is 1. The highest BCUT2D eigenvalue weighted by Crippen LogP contribution is 2.34. The largest absolute Gasteiger partial charge is 0.424 e. The highest BCUT2D eigenvalue weighted by atomic mass is 32.2. The van der Waals surface area contributed by atoms with E-state index in [2.05, 4.69) is 30.7 Å². The molecule has 27 heavy (non-hydrogen) atoms. The molecule has 2 heterocycles. The fourth-order valence-electron chi connectivity index (χ4n) is 3.38. The predicted octanol–water partition coefficient (Wildman–Crippen LogP) is 4.65. The topological polar surface area (TPSA) is 63.4 Å². The Labute approximate surface area is 162 Å². The number of piperidine rings is 1. The van der Waals surface area contributed by atoms with E-state index in [1.807, 2.05) is 12.1 Å². The van der Waals surface area contributed by atoms with Crippen LogP contribution in [0.3, 0.4) is 0 Å². The quantitative estimate of drug-likeness (QED) is 0.689. The summed E-state index contributed by atoms with van der Waals surface area (Å²) in [5, 5.41) is 0.0763. The van der Waals surface area contributed by atoms with Gasteiger partial charge in [0.05, 0.1) is 4.90 Å². The molecule has 1 fully saturated rings. The molecule has 0 bridgehead atoms. The Morgan fingerprint density at radius 3 is 2.41 bits per heavy atom. The van der Waals surface area contributed by atoms with Crippen LogP contribution in [-0.2, 0) is 22.7 Å². The lowest BCUT2D eigenvalue weighted by Crippen LogP contribution is -2.33. The van der Waals surface area contributed by atoms with E-state index in [0.29, 0.717) is 24.1 Å². The van der Waals surface area contributed by atoms with Crippen molar-refractivity contribution in [2.75, 3.05) is 18.0 Å². The van der Waals surface area contributed by atoms with Crippen LogP contribution in [0.1, 0.15) is 57.9 Å². The molecule has 0 unspecified atom stereocenters. The van der Waals surface area contributed by atoms with E-state index in [1.165, 1.54) is 0 Å². The first-order valence-corrected chi connectivity index (χ1v) is 11.5. The number of aromatic nitrogens is 1. The summed E-state index contributed by atoms with van der Waals surface area (Å²) in [6, 6.07) is 7.09. The van der Waals surface area contributed by atoms with Crippen LogP contribution in [0.2, 0.25) is 0 Å². The molecule has 5 nitrogen and oxygen atoms in total. The van der Waals surface area contributed by atoms with Gasteiger partial charge in [-0.1, -0.05) is 39.3 Å². The molecule has 2 aromatic rings. The van der Waals surface area contributed by atoms with E-state index in [4.69, 9.17) is 4.42 Å². The second-order valence-corrected chi connectivity index (χ2v) is 9.36. The van der Waals surface area contributed by atoms with Crippen LogP contribution in [0.4, 0.5) is 5.88 Å².